The summed E-state index contributed by atoms with van der Waals surface area (Å²) in [6.45, 7) is 9.85. The van der Waals surface area contributed by atoms with Gasteiger partial charge in [-0.2, -0.15) is 13.2 Å². The van der Waals surface area contributed by atoms with Gasteiger partial charge >= 0.3 is 18.1 Å². The van der Waals surface area contributed by atoms with E-state index in [1.54, 1.807) is 20.8 Å². The number of ether oxygens (including phenoxy) is 4. The lowest BCUT2D eigenvalue weighted by molar-refractivity contribution is -0.202. The van der Waals surface area contributed by atoms with E-state index >= 15 is 0 Å². The normalized spacial score (nSPS) is 16.7. The molecule has 9 heteroatoms. The monoisotopic (exact) mass is 386 g/mol. The maximum absolute atomic E-state index is 12.3. The SMILES string of the molecule is CCC(C)(OCC(C)COC(=O)C(F)(F)F)C(=O)OCC(C)OC(C)C. The van der Waals surface area contributed by atoms with E-state index in [-0.39, 0.29) is 25.4 Å². The number of hydrogen-bond acceptors (Lipinski definition) is 6. The zero-order valence-electron chi connectivity index (χ0n) is 16.1. The summed E-state index contributed by atoms with van der Waals surface area (Å²) in [6, 6.07) is 0. The largest absolute Gasteiger partial charge is 0.490 e. The van der Waals surface area contributed by atoms with Crippen LogP contribution in [0.5, 0.6) is 0 Å². The number of halogens is 3. The smallest absolute Gasteiger partial charge is 0.461 e. The Morgan fingerprint density at radius 2 is 1.46 bits per heavy atom. The maximum atomic E-state index is 12.3. The van der Waals surface area contributed by atoms with Crippen molar-refractivity contribution in [1.29, 1.82) is 0 Å². The van der Waals surface area contributed by atoms with Gasteiger partial charge in [0.05, 0.1) is 25.4 Å². The van der Waals surface area contributed by atoms with Crippen LogP contribution in [0, 0.1) is 5.92 Å². The average molecular weight is 386 g/mol. The first-order valence-corrected chi connectivity index (χ1v) is 8.52. The fourth-order valence-electron chi connectivity index (χ4n) is 1.83. The molecule has 0 aliphatic heterocycles. The summed E-state index contributed by atoms with van der Waals surface area (Å²) in [5, 5.41) is 0. The molecular weight excluding hydrogens is 357 g/mol. The summed E-state index contributed by atoms with van der Waals surface area (Å²) >= 11 is 0. The van der Waals surface area contributed by atoms with Crippen LogP contribution in [-0.2, 0) is 28.5 Å². The number of rotatable bonds is 11. The van der Waals surface area contributed by atoms with Gasteiger partial charge in [0.25, 0.3) is 0 Å². The lowest BCUT2D eigenvalue weighted by Gasteiger charge is -2.28. The van der Waals surface area contributed by atoms with Gasteiger partial charge in [-0.15, -0.1) is 0 Å². The van der Waals surface area contributed by atoms with Gasteiger partial charge in [-0.05, 0) is 34.1 Å². The molecule has 0 radical (unpaired) electrons. The van der Waals surface area contributed by atoms with Crippen LogP contribution in [0.2, 0.25) is 0 Å². The Bertz CT molecular complexity index is 452. The van der Waals surface area contributed by atoms with Gasteiger partial charge in [-0.3, -0.25) is 0 Å². The van der Waals surface area contributed by atoms with Crippen LogP contribution in [0.4, 0.5) is 13.2 Å². The number of carbonyl (C=O) groups excluding carboxylic acids is 2. The standard InChI is InChI=1S/C17H29F3O6/c1-7-16(6,14(21)24-10-13(5)26-11(2)3)25-9-12(4)8-23-15(22)17(18,19)20/h11-13H,7-10H2,1-6H3. The van der Waals surface area contributed by atoms with Crippen molar-refractivity contribution in [2.75, 3.05) is 19.8 Å². The molecule has 0 aromatic rings. The predicted octanol–water partition coefficient (Wildman–Crippen LogP) is 3.27. The van der Waals surface area contributed by atoms with Crippen LogP contribution in [-0.4, -0.2) is 55.7 Å². The molecule has 6 nitrogen and oxygen atoms in total. The second kappa shape index (κ2) is 10.7. The van der Waals surface area contributed by atoms with Crippen LogP contribution >= 0.6 is 0 Å². The average Bonchev–Trinajstić information content (AvgIpc) is 2.53. The third-order valence-corrected chi connectivity index (χ3v) is 3.48. The van der Waals surface area contributed by atoms with Crippen molar-refractivity contribution in [3.63, 3.8) is 0 Å². The van der Waals surface area contributed by atoms with E-state index in [1.807, 2.05) is 13.8 Å². The molecule has 0 aliphatic rings. The summed E-state index contributed by atoms with van der Waals surface area (Å²) in [7, 11) is 0. The van der Waals surface area contributed by atoms with Gasteiger partial charge in [0.2, 0.25) is 0 Å². The zero-order chi connectivity index (χ0) is 20.5. The highest BCUT2D eigenvalue weighted by atomic mass is 19.4. The highest BCUT2D eigenvalue weighted by molar-refractivity contribution is 5.79. The molecule has 0 amide bonds. The van der Waals surface area contributed by atoms with Crippen molar-refractivity contribution in [3.8, 4) is 0 Å². The minimum atomic E-state index is -5.03. The topological polar surface area (TPSA) is 71.1 Å². The summed E-state index contributed by atoms with van der Waals surface area (Å²) < 4.78 is 56.7. The fourth-order valence-corrected chi connectivity index (χ4v) is 1.83. The Balaban J connectivity index is 4.43. The summed E-state index contributed by atoms with van der Waals surface area (Å²) in [4.78, 5) is 22.9. The molecule has 0 spiro atoms. The van der Waals surface area contributed by atoms with Crippen molar-refractivity contribution < 1.29 is 41.7 Å². The van der Waals surface area contributed by atoms with E-state index in [0.29, 0.717) is 6.42 Å². The van der Waals surface area contributed by atoms with Crippen molar-refractivity contribution >= 4 is 11.9 Å². The third-order valence-electron chi connectivity index (χ3n) is 3.48. The predicted molar refractivity (Wildman–Crippen MR) is 87.5 cm³/mol. The van der Waals surface area contributed by atoms with Crippen LogP contribution in [0.15, 0.2) is 0 Å². The van der Waals surface area contributed by atoms with E-state index in [1.165, 1.54) is 6.92 Å². The maximum Gasteiger partial charge on any atom is 0.490 e. The number of alkyl halides is 3. The fraction of sp³-hybridized carbons (Fsp3) is 0.882. The number of esters is 2. The molecule has 0 saturated carbocycles. The van der Waals surface area contributed by atoms with Crippen molar-refractivity contribution in [2.24, 2.45) is 5.92 Å². The molecule has 0 heterocycles. The van der Waals surface area contributed by atoms with Gasteiger partial charge in [0, 0.05) is 5.92 Å². The molecule has 3 atom stereocenters. The molecular formula is C17H29F3O6. The summed E-state index contributed by atoms with van der Waals surface area (Å²) in [5.74, 6) is -3.36. The van der Waals surface area contributed by atoms with Crippen molar-refractivity contribution in [3.05, 3.63) is 0 Å². The summed E-state index contributed by atoms with van der Waals surface area (Å²) in [6.07, 6.45) is -5.00. The lowest BCUT2D eigenvalue weighted by Crippen LogP contribution is -2.42. The minimum absolute atomic E-state index is 0.00207. The van der Waals surface area contributed by atoms with Crippen LogP contribution in [0.25, 0.3) is 0 Å². The minimum Gasteiger partial charge on any atom is -0.461 e. The lowest BCUT2D eigenvalue weighted by atomic mass is 10.0. The first-order valence-electron chi connectivity index (χ1n) is 8.52. The quantitative estimate of drug-likeness (QED) is 0.508. The van der Waals surface area contributed by atoms with Crippen molar-refractivity contribution in [1.82, 2.24) is 0 Å². The highest BCUT2D eigenvalue weighted by Gasteiger charge is 2.41. The zero-order valence-corrected chi connectivity index (χ0v) is 16.1. The molecule has 0 N–H and O–H groups in total. The molecule has 0 aliphatic carbocycles. The molecule has 0 fully saturated rings. The Hall–Kier alpha value is -1.35. The summed E-state index contributed by atoms with van der Waals surface area (Å²) in [5.41, 5.74) is -1.25. The Labute approximate surface area is 152 Å². The molecule has 0 aromatic carbocycles. The highest BCUT2D eigenvalue weighted by Crippen LogP contribution is 2.20. The number of carbonyl (C=O) groups is 2. The molecule has 26 heavy (non-hydrogen) atoms. The Morgan fingerprint density at radius 3 is 1.92 bits per heavy atom. The van der Waals surface area contributed by atoms with Crippen LogP contribution in [0.3, 0.4) is 0 Å². The second-order valence-corrected chi connectivity index (χ2v) is 6.69. The molecule has 3 unspecified atom stereocenters. The third kappa shape index (κ3) is 9.38. The van der Waals surface area contributed by atoms with Gasteiger partial charge in [-0.1, -0.05) is 13.8 Å². The van der Waals surface area contributed by atoms with Crippen LogP contribution < -0.4 is 0 Å². The van der Waals surface area contributed by atoms with Gasteiger partial charge in [-0.25, -0.2) is 9.59 Å². The Morgan fingerprint density at radius 1 is 0.923 bits per heavy atom. The first-order chi connectivity index (χ1) is 11.8. The van der Waals surface area contributed by atoms with E-state index in [0.717, 1.165) is 0 Å². The first kappa shape index (κ1) is 24.7. The Kier molecular flexibility index (Phi) is 10.2. The van der Waals surface area contributed by atoms with E-state index < -0.39 is 36.2 Å². The molecule has 0 rings (SSSR count). The van der Waals surface area contributed by atoms with E-state index in [9.17, 15) is 22.8 Å². The van der Waals surface area contributed by atoms with E-state index in [4.69, 9.17) is 14.2 Å². The number of hydrogen-bond donors (Lipinski definition) is 0. The molecule has 154 valence electrons. The van der Waals surface area contributed by atoms with Gasteiger partial charge in [0.1, 0.15) is 6.61 Å². The molecule has 0 bridgehead atoms. The second-order valence-electron chi connectivity index (χ2n) is 6.69. The molecule has 0 aromatic heterocycles. The van der Waals surface area contributed by atoms with Crippen molar-refractivity contribution in [2.45, 2.75) is 71.9 Å². The van der Waals surface area contributed by atoms with Crippen LogP contribution in [0.1, 0.15) is 48.0 Å². The van der Waals surface area contributed by atoms with Gasteiger partial charge < -0.3 is 18.9 Å². The van der Waals surface area contributed by atoms with Gasteiger partial charge in [0.15, 0.2) is 5.60 Å². The molecule has 0 saturated heterocycles. The van der Waals surface area contributed by atoms with E-state index in [2.05, 4.69) is 4.74 Å².